The molecule has 70 valence electrons. The Bertz CT molecular complexity index is 332. The molecule has 0 aliphatic heterocycles. The van der Waals surface area contributed by atoms with Crippen LogP contribution in [-0.4, -0.2) is 0 Å². The van der Waals surface area contributed by atoms with Crippen LogP contribution in [0, 0.1) is 5.82 Å². The highest BCUT2D eigenvalue weighted by atomic mass is 19.1. The molecule has 1 aliphatic carbocycles. The summed E-state index contributed by atoms with van der Waals surface area (Å²) in [5, 5.41) is 0. The van der Waals surface area contributed by atoms with Gasteiger partial charge < -0.3 is 11.5 Å². The van der Waals surface area contributed by atoms with Crippen molar-refractivity contribution < 1.29 is 4.39 Å². The van der Waals surface area contributed by atoms with Crippen molar-refractivity contribution in [3.05, 3.63) is 29.6 Å². The molecule has 2 rings (SSSR count). The first-order chi connectivity index (χ1) is 6.12. The second-order valence-corrected chi connectivity index (χ2v) is 3.75. The van der Waals surface area contributed by atoms with E-state index >= 15 is 0 Å². The van der Waals surface area contributed by atoms with Crippen LogP contribution in [0.2, 0.25) is 0 Å². The smallest absolute Gasteiger partial charge is 0.128 e. The molecule has 0 heterocycles. The highest BCUT2D eigenvalue weighted by Crippen LogP contribution is 2.40. The van der Waals surface area contributed by atoms with E-state index in [0.717, 1.165) is 19.3 Å². The monoisotopic (exact) mass is 180 g/mol. The Kier molecular flexibility index (Phi) is 1.77. The molecule has 1 aromatic rings. The second-order valence-electron chi connectivity index (χ2n) is 3.75. The zero-order valence-electron chi connectivity index (χ0n) is 7.39. The Morgan fingerprint density at radius 3 is 2.54 bits per heavy atom. The standard InChI is InChI=1S/C10H13FN2/c11-9-3-2-7(12)6-8(9)10(13)4-1-5-10/h2-3,6H,1,4-5,12-13H2. The van der Waals surface area contributed by atoms with Crippen LogP contribution in [0.5, 0.6) is 0 Å². The summed E-state index contributed by atoms with van der Waals surface area (Å²) < 4.78 is 13.4. The van der Waals surface area contributed by atoms with Crippen molar-refractivity contribution >= 4 is 5.69 Å². The van der Waals surface area contributed by atoms with E-state index in [2.05, 4.69) is 0 Å². The topological polar surface area (TPSA) is 52.0 Å². The Labute approximate surface area is 76.7 Å². The van der Waals surface area contributed by atoms with E-state index in [1.54, 1.807) is 12.1 Å². The van der Waals surface area contributed by atoms with Crippen molar-refractivity contribution in [3.8, 4) is 0 Å². The molecule has 2 nitrogen and oxygen atoms in total. The Balaban J connectivity index is 2.43. The molecule has 3 heteroatoms. The highest BCUT2D eigenvalue weighted by Gasteiger charge is 2.36. The van der Waals surface area contributed by atoms with Gasteiger partial charge in [0.15, 0.2) is 0 Å². The first kappa shape index (κ1) is 8.51. The van der Waals surface area contributed by atoms with Gasteiger partial charge in [-0.3, -0.25) is 0 Å². The molecule has 0 atom stereocenters. The number of rotatable bonds is 1. The highest BCUT2D eigenvalue weighted by molar-refractivity contribution is 5.44. The number of hydrogen-bond donors (Lipinski definition) is 2. The van der Waals surface area contributed by atoms with Crippen LogP contribution in [0.1, 0.15) is 24.8 Å². The molecule has 1 saturated carbocycles. The van der Waals surface area contributed by atoms with Gasteiger partial charge in [0, 0.05) is 16.8 Å². The molecule has 0 spiro atoms. The van der Waals surface area contributed by atoms with Gasteiger partial charge in [-0.25, -0.2) is 4.39 Å². The van der Waals surface area contributed by atoms with E-state index in [1.807, 2.05) is 0 Å². The summed E-state index contributed by atoms with van der Waals surface area (Å²) in [5.74, 6) is -0.239. The first-order valence-corrected chi connectivity index (χ1v) is 4.46. The van der Waals surface area contributed by atoms with Crippen molar-refractivity contribution in [1.82, 2.24) is 0 Å². The summed E-state index contributed by atoms with van der Waals surface area (Å²) in [4.78, 5) is 0. The van der Waals surface area contributed by atoms with Crippen LogP contribution in [0.25, 0.3) is 0 Å². The second kappa shape index (κ2) is 2.70. The number of anilines is 1. The van der Waals surface area contributed by atoms with Gasteiger partial charge in [-0.1, -0.05) is 0 Å². The van der Waals surface area contributed by atoms with Crippen molar-refractivity contribution in [2.45, 2.75) is 24.8 Å². The summed E-state index contributed by atoms with van der Waals surface area (Å²) in [6.45, 7) is 0. The molecule has 0 unspecified atom stereocenters. The SMILES string of the molecule is Nc1ccc(F)c(C2(N)CCC2)c1. The van der Waals surface area contributed by atoms with E-state index in [4.69, 9.17) is 11.5 Å². The van der Waals surface area contributed by atoms with Crippen LogP contribution < -0.4 is 11.5 Å². The molecule has 1 fully saturated rings. The number of benzene rings is 1. The normalized spacial score (nSPS) is 19.5. The number of nitrogens with two attached hydrogens (primary N) is 2. The summed E-state index contributed by atoms with van der Waals surface area (Å²) >= 11 is 0. The average Bonchev–Trinajstić information content (AvgIpc) is 2.05. The molecular formula is C10H13FN2. The number of halogens is 1. The minimum atomic E-state index is -0.459. The van der Waals surface area contributed by atoms with Gasteiger partial charge in [-0.15, -0.1) is 0 Å². The summed E-state index contributed by atoms with van der Waals surface area (Å²) in [7, 11) is 0. The predicted octanol–water partition coefficient (Wildman–Crippen LogP) is 1.75. The zero-order valence-corrected chi connectivity index (χ0v) is 7.39. The van der Waals surface area contributed by atoms with Crippen LogP contribution in [-0.2, 0) is 5.54 Å². The van der Waals surface area contributed by atoms with Gasteiger partial charge in [0.05, 0.1) is 0 Å². The number of nitrogen functional groups attached to an aromatic ring is 1. The van der Waals surface area contributed by atoms with Gasteiger partial charge in [-0.2, -0.15) is 0 Å². The third kappa shape index (κ3) is 1.29. The molecule has 0 amide bonds. The van der Waals surface area contributed by atoms with E-state index in [1.165, 1.54) is 6.07 Å². The molecule has 1 aliphatic rings. The maximum atomic E-state index is 13.4. The lowest BCUT2D eigenvalue weighted by Crippen LogP contribution is -2.44. The third-order valence-corrected chi connectivity index (χ3v) is 2.77. The van der Waals surface area contributed by atoms with Gasteiger partial charge >= 0.3 is 0 Å². The van der Waals surface area contributed by atoms with Crippen LogP contribution >= 0.6 is 0 Å². The summed E-state index contributed by atoms with van der Waals surface area (Å²) in [5.41, 5.74) is 12.3. The Morgan fingerprint density at radius 1 is 1.31 bits per heavy atom. The lowest BCUT2D eigenvalue weighted by Gasteiger charge is -2.38. The van der Waals surface area contributed by atoms with Crippen LogP contribution in [0.3, 0.4) is 0 Å². The fraction of sp³-hybridized carbons (Fsp3) is 0.400. The lowest BCUT2D eigenvalue weighted by atomic mass is 9.72. The Hall–Kier alpha value is -1.09. The van der Waals surface area contributed by atoms with Crippen LogP contribution in [0.4, 0.5) is 10.1 Å². The molecular weight excluding hydrogens is 167 g/mol. The van der Waals surface area contributed by atoms with E-state index < -0.39 is 5.54 Å². The zero-order chi connectivity index (χ0) is 9.47. The minimum absolute atomic E-state index is 0.239. The summed E-state index contributed by atoms with van der Waals surface area (Å²) in [6, 6.07) is 4.59. The minimum Gasteiger partial charge on any atom is -0.399 e. The molecule has 4 N–H and O–H groups in total. The van der Waals surface area contributed by atoms with E-state index in [0.29, 0.717) is 11.3 Å². The largest absolute Gasteiger partial charge is 0.399 e. The molecule has 0 aromatic heterocycles. The molecule has 0 bridgehead atoms. The lowest BCUT2D eigenvalue weighted by molar-refractivity contribution is 0.245. The van der Waals surface area contributed by atoms with Crippen molar-refractivity contribution in [3.63, 3.8) is 0 Å². The van der Waals surface area contributed by atoms with E-state index in [-0.39, 0.29) is 5.82 Å². The van der Waals surface area contributed by atoms with Crippen LogP contribution in [0.15, 0.2) is 18.2 Å². The summed E-state index contributed by atoms with van der Waals surface area (Å²) in [6.07, 6.45) is 2.78. The van der Waals surface area contributed by atoms with Gasteiger partial charge in [0.25, 0.3) is 0 Å². The van der Waals surface area contributed by atoms with Gasteiger partial charge in [-0.05, 0) is 37.5 Å². The van der Waals surface area contributed by atoms with Crippen molar-refractivity contribution in [2.24, 2.45) is 5.73 Å². The fourth-order valence-corrected chi connectivity index (χ4v) is 1.75. The molecule has 1 aromatic carbocycles. The number of hydrogen-bond acceptors (Lipinski definition) is 2. The van der Waals surface area contributed by atoms with Crippen molar-refractivity contribution in [1.29, 1.82) is 0 Å². The predicted molar refractivity (Wildman–Crippen MR) is 50.5 cm³/mol. The first-order valence-electron chi connectivity index (χ1n) is 4.46. The van der Waals surface area contributed by atoms with Gasteiger partial charge in [0.2, 0.25) is 0 Å². The fourth-order valence-electron chi connectivity index (χ4n) is 1.75. The molecule has 0 radical (unpaired) electrons. The third-order valence-electron chi connectivity index (χ3n) is 2.77. The maximum absolute atomic E-state index is 13.4. The van der Waals surface area contributed by atoms with Crippen molar-refractivity contribution in [2.75, 3.05) is 5.73 Å². The Morgan fingerprint density at radius 2 is 2.00 bits per heavy atom. The van der Waals surface area contributed by atoms with E-state index in [9.17, 15) is 4.39 Å². The molecule has 13 heavy (non-hydrogen) atoms. The quantitative estimate of drug-likeness (QED) is 0.647. The molecule has 0 saturated heterocycles. The van der Waals surface area contributed by atoms with Gasteiger partial charge in [0.1, 0.15) is 5.82 Å². The maximum Gasteiger partial charge on any atom is 0.128 e. The average molecular weight is 180 g/mol.